The molecule has 6 rings (SSSR count). The van der Waals surface area contributed by atoms with Crippen LogP contribution in [0, 0.1) is 11.8 Å². The summed E-state index contributed by atoms with van der Waals surface area (Å²) in [4.78, 5) is 12.5. The molecule has 0 bridgehead atoms. The van der Waals surface area contributed by atoms with E-state index in [9.17, 15) is 4.79 Å². The SMILES string of the molecule is O=C1OC[C@H]2Cc3cc4c(cc3[C@H](c3ccc5c(c3)OCO5)[C@H]12)OCO4. The third-order valence-corrected chi connectivity index (χ3v) is 5.79. The van der Waals surface area contributed by atoms with Crippen LogP contribution in [0.4, 0.5) is 0 Å². The number of cyclic esters (lactones) is 1. The molecule has 3 atom stereocenters. The summed E-state index contributed by atoms with van der Waals surface area (Å²) in [6, 6.07) is 9.98. The standard InChI is InChI=1S/C20H16O6/c21-20-19-12(7-22-20)3-11-5-16-17(26-9-25-16)6-13(11)18(19)10-1-2-14-15(4-10)24-8-23-14/h1-2,4-6,12,18-19H,3,7-9H2/t12-,18+,19-/m1/s1. The number of hydrogen-bond donors (Lipinski definition) is 0. The van der Waals surface area contributed by atoms with Gasteiger partial charge >= 0.3 is 5.97 Å². The van der Waals surface area contributed by atoms with E-state index >= 15 is 0 Å². The first-order chi connectivity index (χ1) is 12.8. The Hall–Kier alpha value is -2.89. The zero-order valence-corrected chi connectivity index (χ0v) is 13.9. The first kappa shape index (κ1) is 14.3. The highest BCUT2D eigenvalue weighted by molar-refractivity contribution is 5.78. The van der Waals surface area contributed by atoms with Gasteiger partial charge in [0, 0.05) is 11.8 Å². The Kier molecular flexibility index (Phi) is 2.78. The lowest BCUT2D eigenvalue weighted by Gasteiger charge is -2.33. The smallest absolute Gasteiger partial charge is 0.310 e. The van der Waals surface area contributed by atoms with Crippen LogP contribution < -0.4 is 18.9 Å². The van der Waals surface area contributed by atoms with Crippen LogP contribution in [-0.2, 0) is 16.0 Å². The number of fused-ring (bicyclic) bond motifs is 4. The minimum Gasteiger partial charge on any atom is -0.465 e. The molecule has 0 aromatic heterocycles. The second-order valence-electron chi connectivity index (χ2n) is 7.11. The Morgan fingerprint density at radius 3 is 2.38 bits per heavy atom. The number of carbonyl (C=O) groups excluding carboxylic acids is 1. The van der Waals surface area contributed by atoms with Gasteiger partial charge in [0.2, 0.25) is 13.6 Å². The van der Waals surface area contributed by atoms with E-state index in [4.69, 9.17) is 23.7 Å². The van der Waals surface area contributed by atoms with Gasteiger partial charge in [-0.15, -0.1) is 0 Å². The van der Waals surface area contributed by atoms with Crippen molar-refractivity contribution in [2.45, 2.75) is 12.3 Å². The first-order valence-corrected chi connectivity index (χ1v) is 8.76. The van der Waals surface area contributed by atoms with Crippen LogP contribution in [-0.4, -0.2) is 26.2 Å². The largest absolute Gasteiger partial charge is 0.465 e. The van der Waals surface area contributed by atoms with E-state index in [-0.39, 0.29) is 37.3 Å². The van der Waals surface area contributed by atoms with Gasteiger partial charge in [-0.2, -0.15) is 0 Å². The lowest BCUT2D eigenvalue weighted by atomic mass is 9.67. The molecule has 4 aliphatic rings. The predicted molar refractivity (Wildman–Crippen MR) is 88.6 cm³/mol. The van der Waals surface area contributed by atoms with Gasteiger partial charge in [0.1, 0.15) is 0 Å². The average Bonchev–Trinajstić information content (AvgIpc) is 3.37. The summed E-state index contributed by atoms with van der Waals surface area (Å²) < 4.78 is 27.5. The number of ether oxygens (including phenoxy) is 5. The monoisotopic (exact) mass is 352 g/mol. The molecular formula is C20H16O6. The zero-order valence-electron chi connectivity index (χ0n) is 13.9. The molecule has 6 heteroatoms. The molecule has 0 unspecified atom stereocenters. The molecule has 0 N–H and O–H groups in total. The number of rotatable bonds is 1. The van der Waals surface area contributed by atoms with Crippen molar-refractivity contribution in [3.63, 3.8) is 0 Å². The second-order valence-corrected chi connectivity index (χ2v) is 7.11. The van der Waals surface area contributed by atoms with Gasteiger partial charge in [0.15, 0.2) is 23.0 Å². The molecule has 0 saturated carbocycles. The minimum absolute atomic E-state index is 0.0947. The molecule has 3 heterocycles. The van der Waals surface area contributed by atoms with Crippen molar-refractivity contribution >= 4 is 5.97 Å². The summed E-state index contributed by atoms with van der Waals surface area (Å²) in [6.45, 7) is 0.938. The average molecular weight is 352 g/mol. The van der Waals surface area contributed by atoms with Gasteiger partial charge in [-0.05, 0) is 47.4 Å². The van der Waals surface area contributed by atoms with E-state index in [0.29, 0.717) is 6.61 Å². The van der Waals surface area contributed by atoms with Crippen molar-refractivity contribution in [2.24, 2.45) is 11.8 Å². The summed E-state index contributed by atoms with van der Waals surface area (Å²) >= 11 is 0. The summed E-state index contributed by atoms with van der Waals surface area (Å²) in [5, 5.41) is 0. The lowest BCUT2D eigenvalue weighted by Crippen LogP contribution is -2.31. The Morgan fingerprint density at radius 2 is 1.54 bits per heavy atom. The zero-order chi connectivity index (χ0) is 17.3. The molecule has 132 valence electrons. The van der Waals surface area contributed by atoms with Crippen LogP contribution >= 0.6 is 0 Å². The Morgan fingerprint density at radius 1 is 0.808 bits per heavy atom. The molecule has 26 heavy (non-hydrogen) atoms. The third kappa shape index (κ3) is 1.90. The molecule has 2 aromatic rings. The van der Waals surface area contributed by atoms with Gasteiger partial charge in [0.05, 0.1) is 12.5 Å². The molecule has 1 fully saturated rings. The summed E-state index contributed by atoms with van der Waals surface area (Å²) in [5.74, 6) is 2.73. The van der Waals surface area contributed by atoms with Gasteiger partial charge in [-0.1, -0.05) is 6.07 Å². The van der Waals surface area contributed by atoms with E-state index in [1.165, 1.54) is 5.56 Å². The molecule has 6 nitrogen and oxygen atoms in total. The van der Waals surface area contributed by atoms with E-state index in [0.717, 1.165) is 40.5 Å². The highest BCUT2D eigenvalue weighted by Crippen LogP contribution is 2.51. The number of benzene rings is 2. The number of carbonyl (C=O) groups is 1. The van der Waals surface area contributed by atoms with Gasteiger partial charge in [-0.25, -0.2) is 0 Å². The van der Waals surface area contributed by atoms with E-state index in [1.54, 1.807) is 0 Å². The van der Waals surface area contributed by atoms with Gasteiger partial charge in [0.25, 0.3) is 0 Å². The van der Waals surface area contributed by atoms with Crippen LogP contribution in [0.3, 0.4) is 0 Å². The maximum Gasteiger partial charge on any atom is 0.310 e. The van der Waals surface area contributed by atoms with E-state index < -0.39 is 0 Å². The summed E-state index contributed by atoms with van der Waals surface area (Å²) in [7, 11) is 0. The fourth-order valence-corrected chi connectivity index (χ4v) is 4.61. The lowest BCUT2D eigenvalue weighted by molar-refractivity contribution is -0.141. The van der Waals surface area contributed by atoms with E-state index in [1.807, 2.05) is 24.3 Å². The number of esters is 1. The number of hydrogen-bond acceptors (Lipinski definition) is 6. The minimum atomic E-state index is -0.191. The topological polar surface area (TPSA) is 63.2 Å². The normalized spacial score (nSPS) is 27.1. The van der Waals surface area contributed by atoms with Crippen molar-refractivity contribution in [1.82, 2.24) is 0 Å². The predicted octanol–water partition coefficient (Wildman–Crippen LogP) is 2.62. The highest BCUT2D eigenvalue weighted by atomic mass is 16.7. The van der Waals surface area contributed by atoms with E-state index in [2.05, 4.69) is 6.07 Å². The van der Waals surface area contributed by atoms with Crippen molar-refractivity contribution in [1.29, 1.82) is 0 Å². The maximum atomic E-state index is 12.5. The van der Waals surface area contributed by atoms with Crippen LogP contribution in [0.25, 0.3) is 0 Å². The van der Waals surface area contributed by atoms with Crippen LogP contribution in [0.1, 0.15) is 22.6 Å². The Balaban J connectivity index is 1.54. The van der Waals surface area contributed by atoms with Gasteiger partial charge < -0.3 is 23.7 Å². The quantitative estimate of drug-likeness (QED) is 0.735. The molecule has 1 aliphatic carbocycles. The van der Waals surface area contributed by atoms with Crippen LogP contribution in [0.15, 0.2) is 30.3 Å². The van der Waals surface area contributed by atoms with Crippen molar-refractivity contribution in [3.8, 4) is 23.0 Å². The van der Waals surface area contributed by atoms with Crippen LogP contribution in [0.5, 0.6) is 23.0 Å². The fourth-order valence-electron chi connectivity index (χ4n) is 4.61. The Bertz CT molecular complexity index is 936. The molecule has 1 saturated heterocycles. The second kappa shape index (κ2) is 5.06. The fraction of sp³-hybridized carbons (Fsp3) is 0.350. The molecular weight excluding hydrogens is 336 g/mol. The summed E-state index contributed by atoms with van der Waals surface area (Å²) in [5.41, 5.74) is 3.33. The molecule has 3 aliphatic heterocycles. The van der Waals surface area contributed by atoms with Gasteiger partial charge in [-0.3, -0.25) is 4.79 Å². The molecule has 2 aromatic carbocycles. The maximum absolute atomic E-state index is 12.5. The third-order valence-electron chi connectivity index (χ3n) is 5.79. The summed E-state index contributed by atoms with van der Waals surface area (Å²) in [6.07, 6.45) is 0.809. The Labute approximate surface area is 149 Å². The molecule has 0 radical (unpaired) electrons. The highest BCUT2D eigenvalue weighted by Gasteiger charge is 2.48. The van der Waals surface area contributed by atoms with Crippen LogP contribution in [0.2, 0.25) is 0 Å². The van der Waals surface area contributed by atoms with Crippen molar-refractivity contribution < 1.29 is 28.5 Å². The van der Waals surface area contributed by atoms with Crippen molar-refractivity contribution in [3.05, 3.63) is 47.0 Å². The van der Waals surface area contributed by atoms with Crippen molar-refractivity contribution in [2.75, 3.05) is 20.2 Å². The first-order valence-electron chi connectivity index (χ1n) is 8.76. The molecule has 0 amide bonds. The molecule has 0 spiro atoms.